The first-order valence-electron chi connectivity index (χ1n) is 4.80. The summed E-state index contributed by atoms with van der Waals surface area (Å²) in [5, 5.41) is 0. The fourth-order valence-electron chi connectivity index (χ4n) is 1.32. The minimum atomic E-state index is -0.542. The Labute approximate surface area is 84.5 Å². The minimum absolute atomic E-state index is 0.109. The maximum absolute atomic E-state index is 11.2. The van der Waals surface area contributed by atoms with Gasteiger partial charge < -0.3 is 9.47 Å². The SMILES string of the molecule is C=C(C)C(=O)OC1OC(C)CN1CC. The first-order chi connectivity index (χ1) is 6.54. The number of rotatable bonds is 3. The van der Waals surface area contributed by atoms with Crippen LogP contribution in [0.4, 0.5) is 0 Å². The normalized spacial score (nSPS) is 27.6. The van der Waals surface area contributed by atoms with E-state index in [2.05, 4.69) is 6.58 Å². The summed E-state index contributed by atoms with van der Waals surface area (Å²) in [7, 11) is 0. The summed E-state index contributed by atoms with van der Waals surface area (Å²) in [6, 6.07) is 0. The quantitative estimate of drug-likeness (QED) is 0.504. The van der Waals surface area contributed by atoms with Crippen LogP contribution in [-0.2, 0) is 14.3 Å². The van der Waals surface area contributed by atoms with Crippen LogP contribution in [0.15, 0.2) is 12.2 Å². The van der Waals surface area contributed by atoms with Crippen molar-refractivity contribution in [2.24, 2.45) is 0 Å². The second-order valence-electron chi connectivity index (χ2n) is 3.53. The maximum Gasteiger partial charge on any atom is 0.336 e. The van der Waals surface area contributed by atoms with Gasteiger partial charge in [-0.25, -0.2) is 9.69 Å². The topological polar surface area (TPSA) is 38.8 Å². The molecule has 0 spiro atoms. The second kappa shape index (κ2) is 4.57. The first-order valence-corrected chi connectivity index (χ1v) is 4.80. The Kier molecular flexibility index (Phi) is 3.66. The molecule has 4 heteroatoms. The van der Waals surface area contributed by atoms with E-state index in [9.17, 15) is 4.79 Å². The average Bonchev–Trinajstić information content (AvgIpc) is 2.45. The molecular weight excluding hydrogens is 182 g/mol. The van der Waals surface area contributed by atoms with Crippen molar-refractivity contribution < 1.29 is 14.3 Å². The molecule has 0 bridgehead atoms. The van der Waals surface area contributed by atoms with Gasteiger partial charge in [0.05, 0.1) is 6.10 Å². The molecule has 1 rings (SSSR count). The van der Waals surface area contributed by atoms with Crippen LogP contribution in [-0.4, -0.2) is 36.5 Å². The summed E-state index contributed by atoms with van der Waals surface area (Å²) in [6.45, 7) is 10.7. The van der Waals surface area contributed by atoms with E-state index in [1.54, 1.807) is 6.92 Å². The number of hydrogen-bond acceptors (Lipinski definition) is 4. The van der Waals surface area contributed by atoms with E-state index in [-0.39, 0.29) is 6.10 Å². The molecule has 0 N–H and O–H groups in total. The van der Waals surface area contributed by atoms with E-state index >= 15 is 0 Å². The van der Waals surface area contributed by atoms with Gasteiger partial charge in [-0.05, 0) is 13.8 Å². The van der Waals surface area contributed by atoms with E-state index in [4.69, 9.17) is 9.47 Å². The van der Waals surface area contributed by atoms with E-state index < -0.39 is 12.4 Å². The number of hydrogen-bond donors (Lipinski definition) is 0. The van der Waals surface area contributed by atoms with Crippen LogP contribution < -0.4 is 0 Å². The number of ether oxygens (including phenoxy) is 2. The molecule has 0 radical (unpaired) electrons. The van der Waals surface area contributed by atoms with Crippen molar-refractivity contribution in [3.05, 3.63) is 12.2 Å². The highest BCUT2D eigenvalue weighted by Crippen LogP contribution is 2.17. The van der Waals surface area contributed by atoms with Gasteiger partial charge in [0, 0.05) is 18.7 Å². The summed E-state index contributed by atoms with van der Waals surface area (Å²) in [4.78, 5) is 13.2. The molecule has 1 aliphatic heterocycles. The molecule has 0 aliphatic carbocycles. The minimum Gasteiger partial charge on any atom is -0.418 e. The molecule has 80 valence electrons. The first kappa shape index (κ1) is 11.2. The van der Waals surface area contributed by atoms with Crippen molar-refractivity contribution in [1.82, 2.24) is 4.90 Å². The zero-order valence-electron chi connectivity index (χ0n) is 8.95. The Hall–Kier alpha value is -0.870. The van der Waals surface area contributed by atoms with E-state index in [1.165, 1.54) is 0 Å². The standard InChI is InChI=1S/C10H17NO3/c1-5-11-6-8(4)13-10(11)14-9(12)7(2)3/h8,10H,2,5-6H2,1,3-4H3. The Morgan fingerprint density at radius 3 is 2.86 bits per heavy atom. The number of likely N-dealkylation sites (N-methyl/N-ethyl adjacent to an activating group) is 1. The molecular formula is C10H17NO3. The van der Waals surface area contributed by atoms with Crippen molar-refractivity contribution in [1.29, 1.82) is 0 Å². The van der Waals surface area contributed by atoms with Crippen LogP contribution in [0, 0.1) is 0 Å². The van der Waals surface area contributed by atoms with E-state index in [0.29, 0.717) is 5.57 Å². The van der Waals surface area contributed by atoms with Crippen LogP contribution >= 0.6 is 0 Å². The van der Waals surface area contributed by atoms with Crippen LogP contribution in [0.1, 0.15) is 20.8 Å². The van der Waals surface area contributed by atoms with Crippen LogP contribution in [0.2, 0.25) is 0 Å². The number of carbonyl (C=O) groups excluding carboxylic acids is 1. The number of esters is 1. The van der Waals surface area contributed by atoms with Gasteiger partial charge in [0.1, 0.15) is 0 Å². The molecule has 1 heterocycles. The molecule has 0 aromatic carbocycles. The van der Waals surface area contributed by atoms with Crippen molar-refractivity contribution in [3.8, 4) is 0 Å². The van der Waals surface area contributed by atoms with Crippen LogP contribution in [0.3, 0.4) is 0 Å². The molecule has 1 fully saturated rings. The fraction of sp³-hybridized carbons (Fsp3) is 0.700. The van der Waals surface area contributed by atoms with Gasteiger partial charge in [-0.15, -0.1) is 0 Å². The van der Waals surface area contributed by atoms with Crippen molar-refractivity contribution in [3.63, 3.8) is 0 Å². The van der Waals surface area contributed by atoms with Crippen molar-refractivity contribution in [2.75, 3.05) is 13.1 Å². The second-order valence-corrected chi connectivity index (χ2v) is 3.53. The molecule has 4 nitrogen and oxygen atoms in total. The number of nitrogens with zero attached hydrogens (tertiary/aromatic N) is 1. The van der Waals surface area contributed by atoms with E-state index in [0.717, 1.165) is 13.1 Å². The van der Waals surface area contributed by atoms with Gasteiger partial charge in [-0.3, -0.25) is 0 Å². The lowest BCUT2D eigenvalue weighted by atomic mass is 10.4. The zero-order valence-corrected chi connectivity index (χ0v) is 8.95. The molecule has 0 aromatic rings. The Bertz CT molecular complexity index is 240. The van der Waals surface area contributed by atoms with Crippen molar-refractivity contribution >= 4 is 5.97 Å². The highest BCUT2D eigenvalue weighted by Gasteiger charge is 2.32. The third-order valence-electron chi connectivity index (χ3n) is 2.10. The summed E-state index contributed by atoms with van der Waals surface area (Å²) in [5.74, 6) is -0.400. The molecule has 2 atom stereocenters. The lowest BCUT2D eigenvalue weighted by Gasteiger charge is -2.20. The summed E-state index contributed by atoms with van der Waals surface area (Å²) < 4.78 is 10.5. The van der Waals surface area contributed by atoms with Gasteiger partial charge >= 0.3 is 5.97 Å². The largest absolute Gasteiger partial charge is 0.418 e. The molecule has 0 saturated carbocycles. The molecule has 0 amide bonds. The zero-order chi connectivity index (χ0) is 10.7. The molecule has 0 aromatic heterocycles. The van der Waals surface area contributed by atoms with Gasteiger partial charge in [0.25, 0.3) is 6.41 Å². The molecule has 14 heavy (non-hydrogen) atoms. The van der Waals surface area contributed by atoms with Gasteiger partial charge in [-0.2, -0.15) is 0 Å². The molecule has 1 saturated heterocycles. The Morgan fingerprint density at radius 1 is 1.71 bits per heavy atom. The van der Waals surface area contributed by atoms with Gasteiger partial charge in [0.15, 0.2) is 0 Å². The highest BCUT2D eigenvalue weighted by molar-refractivity contribution is 5.86. The number of carbonyl (C=O) groups is 1. The molecule has 1 aliphatic rings. The fourth-order valence-corrected chi connectivity index (χ4v) is 1.32. The van der Waals surface area contributed by atoms with Gasteiger partial charge in [-0.1, -0.05) is 13.5 Å². The summed E-state index contributed by atoms with van der Waals surface area (Å²) in [5.41, 5.74) is 0.393. The lowest BCUT2D eigenvalue weighted by Crippen LogP contribution is -2.34. The maximum atomic E-state index is 11.2. The lowest BCUT2D eigenvalue weighted by molar-refractivity contribution is -0.194. The van der Waals surface area contributed by atoms with Gasteiger partial charge in [0.2, 0.25) is 0 Å². The summed E-state index contributed by atoms with van der Waals surface area (Å²) in [6.07, 6.45) is -0.433. The molecule has 2 unspecified atom stereocenters. The summed E-state index contributed by atoms with van der Waals surface area (Å²) >= 11 is 0. The smallest absolute Gasteiger partial charge is 0.336 e. The Balaban J connectivity index is 2.51. The third-order valence-corrected chi connectivity index (χ3v) is 2.10. The Morgan fingerprint density at radius 2 is 2.36 bits per heavy atom. The average molecular weight is 199 g/mol. The predicted molar refractivity (Wildman–Crippen MR) is 52.5 cm³/mol. The third kappa shape index (κ3) is 2.56. The monoisotopic (exact) mass is 199 g/mol. The van der Waals surface area contributed by atoms with E-state index in [1.807, 2.05) is 18.7 Å². The van der Waals surface area contributed by atoms with Crippen LogP contribution in [0.25, 0.3) is 0 Å². The van der Waals surface area contributed by atoms with Crippen molar-refractivity contribution in [2.45, 2.75) is 33.3 Å². The predicted octanol–water partition coefficient (Wildman–Crippen LogP) is 1.13. The van der Waals surface area contributed by atoms with Crippen LogP contribution in [0.5, 0.6) is 0 Å². The highest BCUT2D eigenvalue weighted by atomic mass is 16.7.